The van der Waals surface area contributed by atoms with E-state index >= 15 is 0 Å². The number of thiophene rings is 1. The van der Waals surface area contributed by atoms with Gasteiger partial charge in [-0.1, -0.05) is 97.1 Å². The highest BCUT2D eigenvalue weighted by Gasteiger charge is 2.44. The molecule has 0 radical (unpaired) electrons. The Kier molecular flexibility index (Phi) is 3.41. The molecule has 0 spiro atoms. The molecule has 2 heterocycles. The Bertz CT molecular complexity index is 1460. The van der Waals surface area contributed by atoms with Crippen LogP contribution in [0, 0.1) is 0 Å². The van der Waals surface area contributed by atoms with E-state index < -0.39 is 0 Å². The van der Waals surface area contributed by atoms with E-state index in [1.165, 1.54) is 54.3 Å². The average Bonchev–Trinajstić information content (AvgIpc) is 3.36. The van der Waals surface area contributed by atoms with Crippen LogP contribution in [0.25, 0.3) is 43.1 Å². The maximum absolute atomic E-state index is 2.36. The summed E-state index contributed by atoms with van der Waals surface area (Å²) in [5.41, 5.74) is 14.3. The van der Waals surface area contributed by atoms with Crippen molar-refractivity contribution in [3.05, 3.63) is 119 Å². The van der Waals surface area contributed by atoms with Crippen LogP contribution in [0.3, 0.4) is 0 Å². The molecule has 0 fully saturated rings. The largest absolute Gasteiger partial charge is 0.136 e. The van der Waals surface area contributed by atoms with Crippen LogP contribution in [0.4, 0.5) is 0 Å². The first-order valence-electron chi connectivity index (χ1n) is 11.1. The van der Waals surface area contributed by atoms with Crippen molar-refractivity contribution in [1.82, 2.24) is 0 Å². The maximum atomic E-state index is 2.36. The third-order valence-electron chi connectivity index (χ3n) is 7.19. The summed E-state index contributed by atoms with van der Waals surface area (Å²) in [4.78, 5) is 2.94. The Labute approximate surface area is 195 Å². The number of thioether (sulfide) groups is 1. The summed E-state index contributed by atoms with van der Waals surface area (Å²) >= 11 is 4.15. The summed E-state index contributed by atoms with van der Waals surface area (Å²) < 4.78 is 0. The van der Waals surface area contributed by atoms with Gasteiger partial charge in [0, 0.05) is 9.75 Å². The molecule has 0 amide bonds. The normalized spacial score (nSPS) is 18.5. The molecule has 2 aliphatic carbocycles. The Morgan fingerprint density at radius 2 is 0.781 bits per heavy atom. The van der Waals surface area contributed by atoms with Crippen molar-refractivity contribution in [2.75, 3.05) is 0 Å². The molecular formula is C30H18S2. The molecule has 3 aliphatic rings. The second-order valence-electron chi connectivity index (χ2n) is 8.75. The summed E-state index contributed by atoms with van der Waals surface area (Å²) in [5.74, 6) is 0. The second kappa shape index (κ2) is 6.25. The van der Waals surface area contributed by atoms with Crippen molar-refractivity contribution in [3.8, 4) is 43.1 Å². The van der Waals surface area contributed by atoms with Crippen molar-refractivity contribution < 1.29 is 0 Å². The SMILES string of the molecule is c1ccc2c(c1)-c1ccccc1C1SC3c4ccccc4-c4ccccc4-c4sc-2c1c43. The summed E-state index contributed by atoms with van der Waals surface area (Å²) in [6.07, 6.45) is 0. The molecule has 0 N–H and O–H groups in total. The first-order valence-corrected chi connectivity index (χ1v) is 12.9. The van der Waals surface area contributed by atoms with Gasteiger partial charge in [-0.2, -0.15) is 0 Å². The van der Waals surface area contributed by atoms with Gasteiger partial charge in [0.25, 0.3) is 0 Å². The Morgan fingerprint density at radius 1 is 0.406 bits per heavy atom. The topological polar surface area (TPSA) is 0 Å². The molecule has 2 atom stereocenters. The van der Waals surface area contributed by atoms with E-state index in [9.17, 15) is 0 Å². The van der Waals surface area contributed by atoms with Crippen molar-refractivity contribution in [1.29, 1.82) is 0 Å². The standard InChI is InChI=1S/C30H18S2/c1-5-13-21-17(9-1)18-10-2-6-14-22(18)28-25-26-29(31-27(21)25)23-15-7-3-11-19(23)20-12-4-8-16-24(20)30(26)32-28/h1-16,27,29H. The molecule has 2 heteroatoms. The van der Waals surface area contributed by atoms with Crippen LogP contribution in [0.1, 0.15) is 32.8 Å². The van der Waals surface area contributed by atoms with E-state index in [2.05, 4.69) is 109 Å². The third kappa shape index (κ3) is 2.10. The van der Waals surface area contributed by atoms with E-state index in [1.807, 2.05) is 11.3 Å². The highest BCUT2D eigenvalue weighted by molar-refractivity contribution is 8.00. The first kappa shape index (κ1) is 17.5. The molecule has 0 saturated carbocycles. The maximum Gasteiger partial charge on any atom is 0.0580 e. The van der Waals surface area contributed by atoms with Crippen LogP contribution in [-0.2, 0) is 0 Å². The fourth-order valence-electron chi connectivity index (χ4n) is 5.88. The van der Waals surface area contributed by atoms with Gasteiger partial charge in [0.05, 0.1) is 10.5 Å². The molecule has 0 nitrogen and oxygen atoms in total. The average molecular weight is 443 g/mol. The number of hydrogen-bond donors (Lipinski definition) is 0. The zero-order valence-corrected chi connectivity index (χ0v) is 18.8. The zero-order valence-electron chi connectivity index (χ0n) is 17.2. The van der Waals surface area contributed by atoms with Crippen LogP contribution in [0.15, 0.2) is 97.1 Å². The predicted molar refractivity (Wildman–Crippen MR) is 137 cm³/mol. The van der Waals surface area contributed by atoms with Crippen LogP contribution in [0.2, 0.25) is 0 Å². The van der Waals surface area contributed by atoms with Gasteiger partial charge in [-0.25, -0.2) is 0 Å². The molecule has 0 saturated heterocycles. The van der Waals surface area contributed by atoms with E-state index in [0.717, 1.165) is 0 Å². The molecule has 5 aromatic rings. The molecule has 0 bridgehead atoms. The van der Waals surface area contributed by atoms with Gasteiger partial charge in [-0.05, 0) is 55.6 Å². The molecule has 8 rings (SSSR count). The van der Waals surface area contributed by atoms with Gasteiger partial charge >= 0.3 is 0 Å². The minimum Gasteiger partial charge on any atom is -0.136 e. The van der Waals surface area contributed by atoms with Crippen molar-refractivity contribution in [2.45, 2.75) is 10.5 Å². The summed E-state index contributed by atoms with van der Waals surface area (Å²) in [6.45, 7) is 0. The van der Waals surface area contributed by atoms with E-state index in [-0.39, 0.29) is 0 Å². The lowest BCUT2D eigenvalue weighted by Crippen LogP contribution is -1.94. The third-order valence-corrected chi connectivity index (χ3v) is 10.0. The summed E-state index contributed by atoms with van der Waals surface area (Å²) in [6, 6.07) is 36.2. The first-order chi connectivity index (χ1) is 15.9. The smallest absolute Gasteiger partial charge is 0.0580 e. The molecule has 1 aliphatic heterocycles. The molecular weight excluding hydrogens is 424 g/mol. The van der Waals surface area contributed by atoms with Crippen molar-refractivity contribution >= 4 is 23.1 Å². The van der Waals surface area contributed by atoms with E-state index in [0.29, 0.717) is 10.5 Å². The Hall–Kier alpha value is -3.07. The van der Waals surface area contributed by atoms with Crippen LogP contribution in [0.5, 0.6) is 0 Å². The van der Waals surface area contributed by atoms with Gasteiger partial charge in [0.1, 0.15) is 0 Å². The quantitative estimate of drug-likeness (QED) is 0.231. The van der Waals surface area contributed by atoms with Gasteiger partial charge < -0.3 is 0 Å². The molecule has 150 valence electrons. The number of hydrogen-bond acceptors (Lipinski definition) is 2. The monoisotopic (exact) mass is 442 g/mol. The van der Waals surface area contributed by atoms with Gasteiger partial charge in [0.2, 0.25) is 0 Å². The number of benzene rings is 4. The minimum absolute atomic E-state index is 0.372. The van der Waals surface area contributed by atoms with Gasteiger partial charge in [0.15, 0.2) is 0 Å². The van der Waals surface area contributed by atoms with E-state index in [4.69, 9.17) is 0 Å². The Morgan fingerprint density at radius 3 is 1.25 bits per heavy atom. The molecule has 4 aromatic carbocycles. The van der Waals surface area contributed by atoms with Crippen molar-refractivity contribution in [2.24, 2.45) is 0 Å². The lowest BCUT2D eigenvalue weighted by molar-refractivity contribution is 1.17. The van der Waals surface area contributed by atoms with Gasteiger partial charge in [-0.3, -0.25) is 0 Å². The zero-order chi connectivity index (χ0) is 20.8. The highest BCUT2D eigenvalue weighted by Crippen LogP contribution is 2.68. The van der Waals surface area contributed by atoms with Gasteiger partial charge in [-0.15, -0.1) is 23.1 Å². The molecule has 2 unspecified atom stereocenters. The lowest BCUT2D eigenvalue weighted by Gasteiger charge is -2.17. The van der Waals surface area contributed by atoms with Crippen LogP contribution >= 0.6 is 23.1 Å². The Balaban J connectivity index is 1.55. The fourth-order valence-corrected chi connectivity index (χ4v) is 9.22. The summed E-state index contributed by atoms with van der Waals surface area (Å²) in [7, 11) is 0. The van der Waals surface area contributed by atoms with Crippen LogP contribution in [-0.4, -0.2) is 0 Å². The summed E-state index contributed by atoms with van der Waals surface area (Å²) in [5, 5.41) is 0.744. The number of rotatable bonds is 0. The highest BCUT2D eigenvalue weighted by atomic mass is 32.2. The second-order valence-corrected chi connectivity index (χ2v) is 11.0. The predicted octanol–water partition coefficient (Wildman–Crippen LogP) is 8.97. The number of fused-ring (bicyclic) bond motifs is 10. The van der Waals surface area contributed by atoms with Crippen LogP contribution < -0.4 is 0 Å². The van der Waals surface area contributed by atoms with Crippen molar-refractivity contribution in [3.63, 3.8) is 0 Å². The lowest BCUT2D eigenvalue weighted by atomic mass is 9.94. The molecule has 1 aromatic heterocycles. The minimum atomic E-state index is 0.372. The molecule has 32 heavy (non-hydrogen) atoms. The van der Waals surface area contributed by atoms with E-state index in [1.54, 1.807) is 11.1 Å². The fraction of sp³-hybridized carbons (Fsp3) is 0.0667.